The number of hydrogen-bond acceptors (Lipinski definition) is 8. The van der Waals surface area contributed by atoms with Gasteiger partial charge < -0.3 is 25.3 Å². The molecule has 3 N–H and O–H groups in total. The van der Waals surface area contributed by atoms with Gasteiger partial charge in [0.1, 0.15) is 11.3 Å². The first kappa shape index (κ1) is 31.0. The Balaban J connectivity index is 0.000000217. The number of nitrogens with one attached hydrogen (secondary N) is 1. The number of carbonyl (C=O) groups is 2. The number of hydrogen-bond donors (Lipinski definition) is 2. The lowest BCUT2D eigenvalue weighted by Gasteiger charge is -2.23. The van der Waals surface area contributed by atoms with E-state index in [9.17, 15) is 9.59 Å². The maximum Gasteiger partial charge on any atom is 0.242 e. The van der Waals surface area contributed by atoms with Crippen molar-refractivity contribution in [1.82, 2.24) is 20.0 Å². The zero-order valence-corrected chi connectivity index (χ0v) is 24.7. The molecule has 0 radical (unpaired) electrons. The maximum absolute atomic E-state index is 11.9. The molecular formula is C28H37N7O3S2. The standard InChI is InChI=1S/C14H15N5OS2.C12H20N2O2.C2H2/c1-3-21-14-19-18-13(22-14)17-12(15)16-10-4-5-11-9(7-10)6-8(2)20-11;15-11-6-2-1-3-9-14(11)10-12(16)13-7-4-5-8-13;1-2/h4-7H,3H2,1-2H3,(H3,15,16,17,18);1-10H2;1-2H. The summed E-state index contributed by atoms with van der Waals surface area (Å²) in [7, 11) is 0. The summed E-state index contributed by atoms with van der Waals surface area (Å²) < 4.78 is 6.43. The number of aliphatic imine (C=N–C) groups is 1. The van der Waals surface area contributed by atoms with Crippen LogP contribution in [0, 0.1) is 19.8 Å². The molecule has 12 heteroatoms. The zero-order valence-electron chi connectivity index (χ0n) is 23.1. The summed E-state index contributed by atoms with van der Waals surface area (Å²) >= 11 is 3.06. The van der Waals surface area contributed by atoms with Crippen LogP contribution in [0.15, 0.2) is 38.0 Å². The van der Waals surface area contributed by atoms with Crippen molar-refractivity contribution < 1.29 is 14.0 Å². The Labute approximate surface area is 243 Å². The van der Waals surface area contributed by atoms with E-state index < -0.39 is 0 Å². The van der Waals surface area contributed by atoms with Gasteiger partial charge in [-0.2, -0.15) is 4.99 Å². The number of nitrogens with two attached hydrogens (primary N) is 1. The molecule has 2 amide bonds. The van der Waals surface area contributed by atoms with Crippen LogP contribution in [-0.4, -0.2) is 69.7 Å². The average Bonchev–Trinajstić information content (AvgIpc) is 3.68. The first-order valence-electron chi connectivity index (χ1n) is 13.4. The summed E-state index contributed by atoms with van der Waals surface area (Å²) in [6, 6.07) is 7.74. The van der Waals surface area contributed by atoms with Gasteiger partial charge in [-0.3, -0.25) is 9.59 Å². The molecule has 2 saturated heterocycles. The number of rotatable bonds is 6. The number of terminal acetylenes is 1. The van der Waals surface area contributed by atoms with E-state index in [0.29, 0.717) is 18.1 Å². The molecule has 1 aromatic carbocycles. The number of aromatic nitrogens is 2. The second-order valence-corrected chi connectivity index (χ2v) is 11.7. The van der Waals surface area contributed by atoms with Crippen molar-refractivity contribution in [3.05, 3.63) is 30.0 Å². The SMILES string of the molecule is C#C.CCSc1nnc(N=C(N)Nc2ccc3oc(C)cc3c2)s1.O=C(CN1CCCCCC1=O)N1CCCC1. The van der Waals surface area contributed by atoms with Crippen molar-refractivity contribution in [2.75, 3.05) is 37.2 Å². The van der Waals surface area contributed by atoms with E-state index in [2.05, 4.69) is 40.3 Å². The molecule has 0 saturated carbocycles. The van der Waals surface area contributed by atoms with Crippen LogP contribution in [-0.2, 0) is 9.59 Å². The van der Waals surface area contributed by atoms with Gasteiger partial charge in [0.15, 0.2) is 4.34 Å². The minimum atomic E-state index is 0.132. The summed E-state index contributed by atoms with van der Waals surface area (Å²) in [6.45, 7) is 6.81. The number of thioether (sulfide) groups is 1. The van der Waals surface area contributed by atoms with Crippen molar-refractivity contribution in [2.24, 2.45) is 10.7 Å². The second-order valence-electron chi connectivity index (χ2n) is 9.23. The molecule has 2 aliphatic rings. The first-order valence-corrected chi connectivity index (χ1v) is 15.2. The Bertz CT molecular complexity index is 1310. The van der Waals surface area contributed by atoms with E-state index >= 15 is 0 Å². The van der Waals surface area contributed by atoms with E-state index in [4.69, 9.17) is 10.2 Å². The predicted octanol–water partition coefficient (Wildman–Crippen LogP) is 5.02. The summed E-state index contributed by atoms with van der Waals surface area (Å²) in [4.78, 5) is 31.5. The van der Waals surface area contributed by atoms with Crippen LogP contribution < -0.4 is 11.1 Å². The summed E-state index contributed by atoms with van der Waals surface area (Å²) in [5.74, 6) is 2.40. The molecule has 3 aromatic rings. The van der Waals surface area contributed by atoms with Crippen molar-refractivity contribution in [3.63, 3.8) is 0 Å². The number of guanidine groups is 1. The second kappa shape index (κ2) is 15.9. The van der Waals surface area contributed by atoms with Crippen LogP contribution in [0.25, 0.3) is 11.0 Å². The molecule has 10 nitrogen and oxygen atoms in total. The van der Waals surface area contributed by atoms with Crippen LogP contribution in [0.2, 0.25) is 0 Å². The molecule has 2 fully saturated rings. The molecule has 2 aromatic heterocycles. The van der Waals surface area contributed by atoms with Gasteiger partial charge >= 0.3 is 0 Å². The molecule has 4 heterocycles. The lowest BCUT2D eigenvalue weighted by Crippen LogP contribution is -2.41. The van der Waals surface area contributed by atoms with Crippen LogP contribution in [0.1, 0.15) is 51.2 Å². The van der Waals surface area contributed by atoms with Gasteiger partial charge in [-0.05, 0) is 62.6 Å². The number of amides is 2. The van der Waals surface area contributed by atoms with Gasteiger partial charge in [-0.1, -0.05) is 36.4 Å². The Kier molecular flexibility index (Phi) is 12.3. The predicted molar refractivity (Wildman–Crippen MR) is 163 cm³/mol. The van der Waals surface area contributed by atoms with Gasteiger partial charge in [0.2, 0.25) is 22.9 Å². The number of furan rings is 1. The third-order valence-electron chi connectivity index (χ3n) is 6.25. The van der Waals surface area contributed by atoms with Crippen molar-refractivity contribution >= 4 is 62.7 Å². The number of anilines is 1. The van der Waals surface area contributed by atoms with E-state index in [0.717, 1.165) is 84.2 Å². The number of nitrogens with zero attached hydrogens (tertiary/aromatic N) is 5. The fourth-order valence-electron chi connectivity index (χ4n) is 4.40. The van der Waals surface area contributed by atoms with E-state index in [1.165, 1.54) is 11.3 Å². The fourth-order valence-corrected chi connectivity index (χ4v) is 6.02. The molecule has 0 bridgehead atoms. The van der Waals surface area contributed by atoms with Gasteiger partial charge in [-0.15, -0.1) is 23.0 Å². The van der Waals surface area contributed by atoms with Gasteiger partial charge in [0.25, 0.3) is 0 Å². The lowest BCUT2D eigenvalue weighted by atomic mass is 10.2. The smallest absolute Gasteiger partial charge is 0.242 e. The van der Waals surface area contributed by atoms with Crippen molar-refractivity contribution in [3.8, 4) is 12.8 Å². The van der Waals surface area contributed by atoms with Gasteiger partial charge in [-0.25, -0.2) is 0 Å². The molecule has 0 unspecified atom stereocenters. The zero-order chi connectivity index (χ0) is 28.9. The highest BCUT2D eigenvalue weighted by Gasteiger charge is 2.23. The number of aryl methyl sites for hydroxylation is 1. The molecule has 214 valence electrons. The van der Waals surface area contributed by atoms with Crippen molar-refractivity contribution in [1.29, 1.82) is 0 Å². The van der Waals surface area contributed by atoms with Crippen LogP contribution in [0.5, 0.6) is 0 Å². The van der Waals surface area contributed by atoms with Gasteiger partial charge in [0.05, 0.1) is 6.54 Å². The summed E-state index contributed by atoms with van der Waals surface area (Å²) in [5.41, 5.74) is 7.62. The lowest BCUT2D eigenvalue weighted by molar-refractivity contribution is -0.139. The Hall–Kier alpha value is -3.56. The fraction of sp³-hybridized carbons (Fsp3) is 0.464. The summed E-state index contributed by atoms with van der Waals surface area (Å²) in [5, 5.41) is 12.6. The van der Waals surface area contributed by atoms with E-state index in [-0.39, 0.29) is 17.8 Å². The van der Waals surface area contributed by atoms with E-state index in [1.54, 1.807) is 16.7 Å². The molecule has 0 atom stereocenters. The molecular weight excluding hydrogens is 546 g/mol. The third kappa shape index (κ3) is 9.27. The normalized spacial score (nSPS) is 15.6. The number of benzene rings is 1. The highest BCUT2D eigenvalue weighted by Crippen LogP contribution is 2.27. The van der Waals surface area contributed by atoms with Gasteiger partial charge in [0, 0.05) is 37.1 Å². The number of fused-ring (bicyclic) bond motifs is 1. The molecule has 5 rings (SSSR count). The van der Waals surface area contributed by atoms with E-state index in [1.807, 2.05) is 36.1 Å². The van der Waals surface area contributed by atoms with Crippen LogP contribution in [0.4, 0.5) is 10.8 Å². The highest BCUT2D eigenvalue weighted by molar-refractivity contribution is 8.01. The Morgan fingerprint density at radius 1 is 1.15 bits per heavy atom. The third-order valence-corrected chi connectivity index (χ3v) is 8.08. The number of likely N-dealkylation sites (tertiary alicyclic amines) is 2. The first-order chi connectivity index (χ1) is 19.4. The molecule has 2 aliphatic heterocycles. The topological polar surface area (TPSA) is 130 Å². The maximum atomic E-state index is 11.9. The molecule has 40 heavy (non-hydrogen) atoms. The summed E-state index contributed by atoms with van der Waals surface area (Å²) in [6.07, 6.45) is 14.0. The molecule has 0 aliphatic carbocycles. The molecule has 0 spiro atoms. The van der Waals surface area contributed by atoms with Crippen LogP contribution in [0.3, 0.4) is 0 Å². The minimum absolute atomic E-state index is 0.132. The average molecular weight is 584 g/mol. The largest absolute Gasteiger partial charge is 0.461 e. The number of carbonyl (C=O) groups excluding carboxylic acids is 2. The van der Waals surface area contributed by atoms with Crippen molar-refractivity contribution in [2.45, 2.75) is 56.7 Å². The van der Waals surface area contributed by atoms with Crippen LogP contribution >= 0.6 is 23.1 Å². The Morgan fingerprint density at radius 3 is 2.65 bits per heavy atom. The highest BCUT2D eigenvalue weighted by atomic mass is 32.2. The minimum Gasteiger partial charge on any atom is -0.461 e. The monoisotopic (exact) mass is 583 g/mol. The quantitative estimate of drug-likeness (QED) is 0.179. The Morgan fingerprint density at radius 2 is 1.90 bits per heavy atom.